The van der Waals surface area contributed by atoms with Gasteiger partial charge in [-0.1, -0.05) is 13.8 Å². The monoisotopic (exact) mass is 471 g/mol. The molecular weight excluding hydrogens is 433 g/mol. The van der Waals surface area contributed by atoms with Gasteiger partial charge in [-0.15, -0.1) is 24.0 Å². The van der Waals surface area contributed by atoms with E-state index in [2.05, 4.69) is 46.3 Å². The molecule has 2 N–H and O–H groups in total. The van der Waals surface area contributed by atoms with Crippen molar-refractivity contribution in [1.29, 1.82) is 0 Å². The van der Waals surface area contributed by atoms with Crippen molar-refractivity contribution in [3.8, 4) is 0 Å². The zero-order chi connectivity index (χ0) is 17.8. The summed E-state index contributed by atoms with van der Waals surface area (Å²) < 4.78 is 10.6. The maximum Gasteiger partial charge on any atom is 0.191 e. The van der Waals surface area contributed by atoms with Gasteiger partial charge in [0.2, 0.25) is 0 Å². The van der Waals surface area contributed by atoms with Crippen LogP contribution in [0.5, 0.6) is 0 Å². The molecule has 0 amide bonds. The Bertz CT molecular complexity index is 352. The normalized spacial score (nSPS) is 17.5. The second-order valence-corrected chi connectivity index (χ2v) is 6.64. The Morgan fingerprint density at radius 2 is 1.92 bits per heavy atom. The molecule has 0 radical (unpaired) electrons. The van der Waals surface area contributed by atoms with Crippen molar-refractivity contribution in [2.75, 3.05) is 80.3 Å². The molecule has 1 atom stereocenters. The summed E-state index contributed by atoms with van der Waals surface area (Å²) in [7, 11) is 5.66. The molecule has 0 aromatic rings. The summed E-state index contributed by atoms with van der Waals surface area (Å²) in [5.74, 6) is 1.46. The lowest BCUT2D eigenvalue weighted by Gasteiger charge is -2.37. The quantitative estimate of drug-likeness (QED) is 0.278. The molecule has 0 bridgehead atoms. The second-order valence-electron chi connectivity index (χ2n) is 6.64. The summed E-state index contributed by atoms with van der Waals surface area (Å²) in [6, 6.07) is 0.497. The summed E-state index contributed by atoms with van der Waals surface area (Å²) >= 11 is 0. The Balaban J connectivity index is 0.00000576. The van der Waals surface area contributed by atoms with E-state index >= 15 is 0 Å². The average molecular weight is 471 g/mol. The van der Waals surface area contributed by atoms with Gasteiger partial charge in [-0.25, -0.2) is 0 Å². The van der Waals surface area contributed by atoms with Crippen molar-refractivity contribution >= 4 is 29.9 Å². The molecule has 1 aliphatic rings. The molecule has 1 unspecified atom stereocenters. The smallest absolute Gasteiger partial charge is 0.191 e. The summed E-state index contributed by atoms with van der Waals surface area (Å²) in [6.45, 7) is 12.7. The first kappa shape index (κ1) is 24.8. The zero-order valence-electron chi connectivity index (χ0n) is 16.6. The molecule has 1 heterocycles. The minimum Gasteiger partial charge on any atom is -0.383 e. The van der Waals surface area contributed by atoms with Crippen molar-refractivity contribution < 1.29 is 9.47 Å². The molecule has 0 aromatic carbocycles. The lowest BCUT2D eigenvalue weighted by molar-refractivity contribution is 0.00752. The van der Waals surface area contributed by atoms with Crippen molar-refractivity contribution in [3.63, 3.8) is 0 Å². The third kappa shape index (κ3) is 10.5. The van der Waals surface area contributed by atoms with E-state index in [-0.39, 0.29) is 24.0 Å². The fraction of sp³-hybridized carbons (Fsp3) is 0.941. The number of hydrogen-bond donors (Lipinski definition) is 2. The van der Waals surface area contributed by atoms with E-state index in [0.29, 0.717) is 12.0 Å². The van der Waals surface area contributed by atoms with Gasteiger partial charge in [0.1, 0.15) is 0 Å². The summed E-state index contributed by atoms with van der Waals surface area (Å²) in [4.78, 5) is 9.10. The number of ether oxygens (including phenoxy) is 2. The predicted octanol–water partition coefficient (Wildman–Crippen LogP) is 0.704. The van der Waals surface area contributed by atoms with Crippen LogP contribution in [0, 0.1) is 5.92 Å². The number of halogens is 1. The molecule has 150 valence electrons. The standard InChI is InChI=1S/C17H37N5O2.HI/c1-15(2)16(22-9-12-24-13-10-22)14-20-17(18-3)19-6-7-21(4)8-11-23-5;/h15-16H,6-14H2,1-5H3,(H2,18,19,20);1H. The molecule has 0 aromatic heterocycles. The minimum atomic E-state index is 0. The molecule has 25 heavy (non-hydrogen) atoms. The van der Waals surface area contributed by atoms with Crippen LogP contribution in [0.3, 0.4) is 0 Å². The first-order valence-corrected chi connectivity index (χ1v) is 9.02. The van der Waals surface area contributed by atoms with E-state index in [1.54, 1.807) is 7.11 Å². The van der Waals surface area contributed by atoms with E-state index in [1.807, 2.05) is 7.05 Å². The maximum atomic E-state index is 5.47. The zero-order valence-corrected chi connectivity index (χ0v) is 18.9. The Morgan fingerprint density at radius 1 is 1.24 bits per heavy atom. The van der Waals surface area contributed by atoms with Crippen molar-refractivity contribution in [2.45, 2.75) is 19.9 Å². The van der Waals surface area contributed by atoms with Crippen molar-refractivity contribution in [1.82, 2.24) is 20.4 Å². The van der Waals surface area contributed by atoms with Gasteiger partial charge in [-0.05, 0) is 13.0 Å². The Labute approximate surface area is 170 Å². The van der Waals surface area contributed by atoms with Gasteiger partial charge in [0.15, 0.2) is 5.96 Å². The first-order valence-electron chi connectivity index (χ1n) is 9.02. The molecule has 8 heteroatoms. The highest BCUT2D eigenvalue weighted by Crippen LogP contribution is 2.12. The number of hydrogen-bond acceptors (Lipinski definition) is 5. The van der Waals surface area contributed by atoms with E-state index in [9.17, 15) is 0 Å². The van der Waals surface area contributed by atoms with Gasteiger partial charge >= 0.3 is 0 Å². The Morgan fingerprint density at radius 3 is 2.48 bits per heavy atom. The largest absolute Gasteiger partial charge is 0.383 e. The topological polar surface area (TPSA) is 61.4 Å². The number of nitrogens with one attached hydrogen (secondary N) is 2. The summed E-state index contributed by atoms with van der Waals surface area (Å²) in [6.07, 6.45) is 0. The van der Waals surface area contributed by atoms with Crippen LogP contribution in [0.2, 0.25) is 0 Å². The number of aliphatic imine (C=N–C) groups is 1. The van der Waals surface area contributed by atoms with Crippen LogP contribution in [0.15, 0.2) is 4.99 Å². The average Bonchev–Trinajstić information content (AvgIpc) is 2.59. The van der Waals surface area contributed by atoms with Crippen LogP contribution in [0.1, 0.15) is 13.8 Å². The number of guanidine groups is 1. The van der Waals surface area contributed by atoms with E-state index in [0.717, 1.165) is 65.0 Å². The van der Waals surface area contributed by atoms with Crippen LogP contribution >= 0.6 is 24.0 Å². The summed E-state index contributed by atoms with van der Waals surface area (Å²) in [5.41, 5.74) is 0. The number of methoxy groups -OCH3 is 1. The lowest BCUT2D eigenvalue weighted by atomic mass is 10.0. The van der Waals surface area contributed by atoms with Crippen molar-refractivity contribution in [2.24, 2.45) is 10.9 Å². The fourth-order valence-electron chi connectivity index (χ4n) is 2.84. The first-order chi connectivity index (χ1) is 11.6. The third-order valence-corrected chi connectivity index (χ3v) is 4.45. The fourth-order valence-corrected chi connectivity index (χ4v) is 2.84. The van der Waals surface area contributed by atoms with Gasteiger partial charge in [0.05, 0.1) is 19.8 Å². The van der Waals surface area contributed by atoms with Crippen LogP contribution in [-0.2, 0) is 9.47 Å². The van der Waals surface area contributed by atoms with Gasteiger partial charge in [-0.2, -0.15) is 0 Å². The molecule has 1 fully saturated rings. The molecule has 1 rings (SSSR count). The molecule has 0 aliphatic carbocycles. The summed E-state index contributed by atoms with van der Waals surface area (Å²) in [5, 5.41) is 6.87. The molecule has 1 aliphatic heterocycles. The number of rotatable bonds is 10. The molecule has 0 spiro atoms. The lowest BCUT2D eigenvalue weighted by Crippen LogP contribution is -2.53. The van der Waals surface area contributed by atoms with Crippen LogP contribution in [-0.4, -0.2) is 102 Å². The maximum absolute atomic E-state index is 5.47. The van der Waals surface area contributed by atoms with Crippen molar-refractivity contribution in [3.05, 3.63) is 0 Å². The molecule has 0 saturated carbocycles. The van der Waals surface area contributed by atoms with E-state index in [1.165, 1.54) is 0 Å². The third-order valence-electron chi connectivity index (χ3n) is 4.45. The highest BCUT2D eigenvalue weighted by Gasteiger charge is 2.23. The van der Waals surface area contributed by atoms with Gasteiger partial charge in [-0.3, -0.25) is 9.89 Å². The van der Waals surface area contributed by atoms with Gasteiger partial charge in [0.25, 0.3) is 0 Å². The predicted molar refractivity (Wildman–Crippen MR) is 115 cm³/mol. The highest BCUT2D eigenvalue weighted by molar-refractivity contribution is 14.0. The Hall–Kier alpha value is -0.160. The number of likely N-dealkylation sites (N-methyl/N-ethyl adjacent to an activating group) is 1. The molecular formula is C17H38IN5O2. The van der Waals surface area contributed by atoms with Gasteiger partial charge in [0, 0.05) is 59.5 Å². The molecule has 1 saturated heterocycles. The SMILES string of the molecule is CN=C(NCCN(C)CCOC)NCC(C(C)C)N1CCOCC1.I. The molecule has 7 nitrogen and oxygen atoms in total. The Kier molecular flexibility index (Phi) is 14.9. The number of nitrogens with zero attached hydrogens (tertiary/aromatic N) is 3. The van der Waals surface area contributed by atoms with Crippen LogP contribution in [0.25, 0.3) is 0 Å². The van der Waals surface area contributed by atoms with Crippen LogP contribution < -0.4 is 10.6 Å². The van der Waals surface area contributed by atoms with Crippen LogP contribution in [0.4, 0.5) is 0 Å². The highest BCUT2D eigenvalue weighted by atomic mass is 127. The van der Waals surface area contributed by atoms with E-state index < -0.39 is 0 Å². The van der Waals surface area contributed by atoms with Gasteiger partial charge < -0.3 is 25.0 Å². The minimum absolute atomic E-state index is 0. The number of morpholine rings is 1. The second kappa shape index (κ2) is 15.0. The van der Waals surface area contributed by atoms with E-state index in [4.69, 9.17) is 9.47 Å².